The van der Waals surface area contributed by atoms with E-state index in [0.29, 0.717) is 27.4 Å². The fourth-order valence-electron chi connectivity index (χ4n) is 1.47. The quantitative estimate of drug-likeness (QED) is 0.682. The molecule has 0 bridgehead atoms. The maximum absolute atomic E-state index is 6.08. The van der Waals surface area contributed by atoms with Gasteiger partial charge in [0.25, 0.3) is 0 Å². The van der Waals surface area contributed by atoms with Gasteiger partial charge in [0.1, 0.15) is 11.9 Å². The third-order valence-corrected chi connectivity index (χ3v) is 5.10. The summed E-state index contributed by atoms with van der Waals surface area (Å²) in [6.07, 6.45) is -0.272. The molecule has 0 aliphatic rings. The summed E-state index contributed by atoms with van der Waals surface area (Å²) in [5.41, 5.74) is 5.74. The van der Waals surface area contributed by atoms with E-state index in [1.807, 2.05) is 12.1 Å². The van der Waals surface area contributed by atoms with E-state index >= 15 is 0 Å². The van der Waals surface area contributed by atoms with Crippen molar-refractivity contribution in [1.29, 1.82) is 0 Å². The molecular formula is C12H9BrCl3NOS. The first-order chi connectivity index (χ1) is 9.01. The second-order valence-electron chi connectivity index (χ2n) is 3.68. The van der Waals surface area contributed by atoms with Gasteiger partial charge in [0, 0.05) is 17.5 Å². The smallest absolute Gasteiger partial charge is 0.145 e. The van der Waals surface area contributed by atoms with Gasteiger partial charge in [-0.2, -0.15) is 0 Å². The van der Waals surface area contributed by atoms with Crippen LogP contribution in [0.3, 0.4) is 0 Å². The van der Waals surface area contributed by atoms with Gasteiger partial charge in [-0.25, -0.2) is 0 Å². The Hall–Kier alpha value is 0.0300. The number of halogens is 4. The molecule has 1 atom stereocenters. The first-order valence-electron chi connectivity index (χ1n) is 5.27. The number of thiophene rings is 1. The van der Waals surface area contributed by atoms with Crippen LogP contribution in [0.5, 0.6) is 5.75 Å². The summed E-state index contributed by atoms with van der Waals surface area (Å²) in [6, 6.07) is 7.05. The zero-order chi connectivity index (χ0) is 14.0. The fourth-order valence-corrected chi connectivity index (χ4v) is 3.52. The lowest BCUT2D eigenvalue weighted by molar-refractivity contribution is 0.218. The zero-order valence-electron chi connectivity index (χ0n) is 9.50. The summed E-state index contributed by atoms with van der Waals surface area (Å²) in [7, 11) is 0. The van der Waals surface area contributed by atoms with E-state index in [1.54, 1.807) is 23.5 Å². The molecule has 0 aliphatic carbocycles. The van der Waals surface area contributed by atoms with Gasteiger partial charge in [-0.1, -0.05) is 34.8 Å². The summed E-state index contributed by atoms with van der Waals surface area (Å²) >= 11 is 22.9. The van der Waals surface area contributed by atoms with Crippen molar-refractivity contribution in [1.82, 2.24) is 0 Å². The van der Waals surface area contributed by atoms with Crippen molar-refractivity contribution in [2.75, 3.05) is 6.54 Å². The van der Waals surface area contributed by atoms with Gasteiger partial charge >= 0.3 is 0 Å². The normalized spacial score (nSPS) is 12.5. The van der Waals surface area contributed by atoms with Gasteiger partial charge in [-0.3, -0.25) is 0 Å². The second-order valence-corrected chi connectivity index (χ2v) is 7.40. The molecule has 102 valence electrons. The lowest BCUT2D eigenvalue weighted by Gasteiger charge is -2.17. The van der Waals surface area contributed by atoms with Crippen LogP contribution in [0.15, 0.2) is 28.1 Å². The number of benzene rings is 1. The molecule has 0 amide bonds. The molecule has 0 saturated carbocycles. The maximum atomic E-state index is 6.08. The Labute approximate surface area is 138 Å². The minimum atomic E-state index is -0.272. The summed E-state index contributed by atoms with van der Waals surface area (Å²) in [5, 5.41) is 1.19. The predicted molar refractivity (Wildman–Crippen MR) is 85.9 cm³/mol. The van der Waals surface area contributed by atoms with Crippen LogP contribution in [-0.4, -0.2) is 6.54 Å². The van der Waals surface area contributed by atoms with Crippen LogP contribution in [-0.2, 0) is 0 Å². The van der Waals surface area contributed by atoms with Crippen LogP contribution in [0, 0.1) is 0 Å². The van der Waals surface area contributed by atoms with E-state index in [9.17, 15) is 0 Å². The number of rotatable bonds is 4. The minimum absolute atomic E-state index is 0.272. The molecule has 1 heterocycles. The SMILES string of the molecule is NCC(Oc1cc(Cl)c(Cl)cc1Cl)c1ccc(Br)s1. The Morgan fingerprint density at radius 2 is 1.84 bits per heavy atom. The molecule has 0 radical (unpaired) electrons. The first-order valence-corrected chi connectivity index (χ1v) is 8.02. The Bertz CT molecular complexity index is 590. The largest absolute Gasteiger partial charge is 0.482 e. The molecule has 1 aromatic carbocycles. The van der Waals surface area contributed by atoms with E-state index in [4.69, 9.17) is 45.3 Å². The molecule has 2 rings (SSSR count). The highest BCUT2D eigenvalue weighted by atomic mass is 79.9. The molecule has 0 fully saturated rings. The Balaban J connectivity index is 2.26. The maximum Gasteiger partial charge on any atom is 0.145 e. The molecule has 2 aromatic rings. The van der Waals surface area contributed by atoms with Crippen LogP contribution in [0.1, 0.15) is 11.0 Å². The molecule has 0 saturated heterocycles. The van der Waals surface area contributed by atoms with E-state index in [0.717, 1.165) is 8.66 Å². The number of ether oxygens (including phenoxy) is 1. The lowest BCUT2D eigenvalue weighted by Crippen LogP contribution is -2.17. The van der Waals surface area contributed by atoms with E-state index in [-0.39, 0.29) is 6.10 Å². The van der Waals surface area contributed by atoms with Gasteiger partial charge in [0.05, 0.1) is 18.9 Å². The van der Waals surface area contributed by atoms with E-state index < -0.39 is 0 Å². The van der Waals surface area contributed by atoms with E-state index in [1.165, 1.54) is 0 Å². The van der Waals surface area contributed by atoms with Crippen LogP contribution in [0.2, 0.25) is 15.1 Å². The van der Waals surface area contributed by atoms with Crippen LogP contribution < -0.4 is 10.5 Å². The number of nitrogens with two attached hydrogens (primary N) is 1. The highest BCUT2D eigenvalue weighted by molar-refractivity contribution is 9.11. The zero-order valence-corrected chi connectivity index (χ0v) is 14.2. The van der Waals surface area contributed by atoms with Crippen molar-refractivity contribution < 1.29 is 4.74 Å². The Morgan fingerprint density at radius 3 is 2.42 bits per heavy atom. The minimum Gasteiger partial charge on any atom is -0.482 e. The molecule has 2 N–H and O–H groups in total. The lowest BCUT2D eigenvalue weighted by atomic mass is 10.3. The summed E-state index contributed by atoms with van der Waals surface area (Å²) in [5.74, 6) is 0.469. The van der Waals surface area contributed by atoms with Crippen molar-refractivity contribution in [3.8, 4) is 5.75 Å². The third kappa shape index (κ3) is 3.78. The van der Waals surface area contributed by atoms with Gasteiger partial charge in [0.15, 0.2) is 0 Å². The van der Waals surface area contributed by atoms with Crippen LogP contribution in [0.25, 0.3) is 0 Å². The number of hydrogen-bond acceptors (Lipinski definition) is 3. The summed E-state index contributed by atoms with van der Waals surface area (Å²) < 4.78 is 6.84. The van der Waals surface area contributed by atoms with Gasteiger partial charge in [-0.05, 0) is 34.1 Å². The highest BCUT2D eigenvalue weighted by Gasteiger charge is 2.16. The van der Waals surface area contributed by atoms with Crippen molar-refractivity contribution in [2.24, 2.45) is 5.73 Å². The van der Waals surface area contributed by atoms with Crippen molar-refractivity contribution >= 4 is 62.1 Å². The molecule has 7 heteroatoms. The van der Waals surface area contributed by atoms with Crippen LogP contribution in [0.4, 0.5) is 0 Å². The molecule has 1 unspecified atom stereocenters. The second kappa shape index (κ2) is 6.66. The topological polar surface area (TPSA) is 35.2 Å². The van der Waals surface area contributed by atoms with E-state index in [2.05, 4.69) is 15.9 Å². The van der Waals surface area contributed by atoms with Crippen molar-refractivity contribution in [3.05, 3.63) is 48.0 Å². The Kier molecular flexibility index (Phi) is 5.40. The molecule has 0 aliphatic heterocycles. The summed E-state index contributed by atoms with van der Waals surface area (Å²) in [4.78, 5) is 1.01. The van der Waals surface area contributed by atoms with Crippen molar-refractivity contribution in [3.63, 3.8) is 0 Å². The van der Waals surface area contributed by atoms with Gasteiger partial charge in [0.2, 0.25) is 0 Å². The van der Waals surface area contributed by atoms with Crippen molar-refractivity contribution in [2.45, 2.75) is 6.10 Å². The molecular weight excluding hydrogens is 392 g/mol. The third-order valence-electron chi connectivity index (χ3n) is 2.37. The molecule has 1 aromatic heterocycles. The van der Waals surface area contributed by atoms with Gasteiger partial charge < -0.3 is 10.5 Å². The Morgan fingerprint density at radius 1 is 1.16 bits per heavy atom. The molecule has 19 heavy (non-hydrogen) atoms. The van der Waals surface area contributed by atoms with Gasteiger partial charge in [-0.15, -0.1) is 11.3 Å². The summed E-state index contributed by atoms with van der Waals surface area (Å²) in [6.45, 7) is 0.337. The average Bonchev–Trinajstić information content (AvgIpc) is 2.78. The highest BCUT2D eigenvalue weighted by Crippen LogP contribution is 2.37. The van der Waals surface area contributed by atoms with Crippen LogP contribution >= 0.6 is 62.1 Å². The molecule has 2 nitrogen and oxygen atoms in total. The number of hydrogen-bond donors (Lipinski definition) is 1. The average molecular weight is 402 g/mol. The predicted octanol–water partition coefficient (Wildman–Crippen LogP) is 5.55. The standard InChI is InChI=1S/C12H9BrCl3NOS/c13-12-2-1-11(19-12)10(5-17)18-9-4-7(15)6(14)3-8(9)16/h1-4,10H,5,17H2. The molecule has 0 spiro atoms. The monoisotopic (exact) mass is 399 g/mol. The first kappa shape index (κ1) is 15.4. The fraction of sp³-hybridized carbons (Fsp3) is 0.167.